The van der Waals surface area contributed by atoms with E-state index in [1.807, 2.05) is 22.6 Å². The van der Waals surface area contributed by atoms with Crippen LogP contribution in [0, 0.1) is 3.57 Å². The predicted octanol–water partition coefficient (Wildman–Crippen LogP) is 4.19. The second kappa shape index (κ2) is 7.41. The molecule has 0 aliphatic carbocycles. The molecule has 0 atom stereocenters. The smallest absolute Gasteiger partial charge is 0.268 e. The average molecular weight is 554 g/mol. The fourth-order valence-electron chi connectivity index (χ4n) is 2.22. The molecule has 0 aromatic heterocycles. The zero-order chi connectivity index (χ0) is 20.8. The third-order valence-corrected chi connectivity index (χ3v) is 7.47. The number of sulfonamides is 1. The fourth-order valence-corrected chi connectivity index (χ4v) is 5.10. The Morgan fingerprint density at radius 3 is 2.15 bits per heavy atom. The van der Waals surface area contributed by atoms with Crippen LogP contribution in [0.5, 0.6) is 0 Å². The van der Waals surface area contributed by atoms with E-state index in [2.05, 4.69) is 0 Å². The highest BCUT2D eigenvalue weighted by molar-refractivity contribution is 14.1. The van der Waals surface area contributed by atoms with Gasteiger partial charge in [-0.1, -0.05) is 11.6 Å². The molecule has 0 radical (unpaired) electrons. The van der Waals surface area contributed by atoms with Gasteiger partial charge in [0.25, 0.3) is 10.0 Å². The van der Waals surface area contributed by atoms with Gasteiger partial charge in [0.1, 0.15) is 0 Å². The van der Waals surface area contributed by atoms with Gasteiger partial charge < -0.3 is 0 Å². The molecule has 2 rings (SSSR count). The Balaban J connectivity index is 2.68. The second-order valence-corrected chi connectivity index (χ2v) is 11.1. The summed E-state index contributed by atoms with van der Waals surface area (Å²) in [5.41, 5.74) is -1.47. The van der Waals surface area contributed by atoms with E-state index in [1.165, 1.54) is 18.2 Å². The van der Waals surface area contributed by atoms with E-state index in [0.29, 0.717) is 13.9 Å². The number of alkyl halides is 3. The zero-order valence-electron chi connectivity index (χ0n) is 13.8. The lowest BCUT2D eigenvalue weighted by atomic mass is 10.2. The standard InChI is InChI=1S/C15H12ClF3INO4S2/c1-21(13-7-9(20)3-6-14(13)26(2,22)23)27(24,25)10-4-5-12(16)11(8-10)15(17,18)19/h3-8H,1-2H3. The Morgan fingerprint density at radius 2 is 1.63 bits per heavy atom. The van der Waals surface area contributed by atoms with E-state index >= 15 is 0 Å². The van der Waals surface area contributed by atoms with Crippen LogP contribution in [0.2, 0.25) is 5.02 Å². The summed E-state index contributed by atoms with van der Waals surface area (Å²) in [4.78, 5) is -0.931. The van der Waals surface area contributed by atoms with E-state index in [-0.39, 0.29) is 10.6 Å². The third-order valence-electron chi connectivity index (χ3n) is 3.56. The normalized spacial score (nSPS) is 12.9. The molecule has 0 unspecified atom stereocenters. The molecule has 0 aliphatic rings. The summed E-state index contributed by atoms with van der Waals surface area (Å²) in [6, 6.07) is 6.21. The molecular weight excluding hydrogens is 542 g/mol. The SMILES string of the molecule is CN(c1cc(I)ccc1S(C)(=O)=O)S(=O)(=O)c1ccc(Cl)c(C(F)(F)F)c1. The summed E-state index contributed by atoms with van der Waals surface area (Å²) in [7, 11) is -7.20. The Labute approximate surface area is 173 Å². The molecule has 12 heteroatoms. The van der Waals surface area contributed by atoms with Gasteiger partial charge in [-0.05, 0) is 59.0 Å². The molecule has 0 N–H and O–H groups in total. The number of rotatable bonds is 4. The molecule has 27 heavy (non-hydrogen) atoms. The van der Waals surface area contributed by atoms with E-state index in [4.69, 9.17) is 11.6 Å². The van der Waals surface area contributed by atoms with Gasteiger partial charge in [-0.25, -0.2) is 16.8 Å². The number of hydrogen-bond acceptors (Lipinski definition) is 4. The van der Waals surface area contributed by atoms with Crippen molar-refractivity contribution in [2.75, 3.05) is 17.6 Å². The van der Waals surface area contributed by atoms with Gasteiger partial charge in [0, 0.05) is 16.9 Å². The summed E-state index contributed by atoms with van der Waals surface area (Å²) in [6.07, 6.45) is -3.94. The Hall–Kier alpha value is -1.05. The number of sulfone groups is 1. The second-order valence-electron chi connectivity index (χ2n) is 5.50. The van der Waals surface area contributed by atoms with Crippen molar-refractivity contribution in [3.8, 4) is 0 Å². The molecule has 0 fully saturated rings. The molecular formula is C15H12ClF3INO4S2. The van der Waals surface area contributed by atoms with Gasteiger partial charge in [-0.2, -0.15) is 13.2 Å². The van der Waals surface area contributed by atoms with Crippen molar-refractivity contribution in [2.45, 2.75) is 16.0 Å². The number of halogens is 5. The van der Waals surface area contributed by atoms with Crippen molar-refractivity contribution >= 4 is 59.7 Å². The minimum atomic E-state index is -4.85. The van der Waals surface area contributed by atoms with Crippen molar-refractivity contribution in [3.63, 3.8) is 0 Å². The Bertz CT molecular complexity index is 1100. The van der Waals surface area contributed by atoms with Crippen molar-refractivity contribution in [1.29, 1.82) is 0 Å². The predicted molar refractivity (Wildman–Crippen MR) is 104 cm³/mol. The van der Waals surface area contributed by atoms with E-state index < -0.39 is 41.5 Å². The maximum absolute atomic E-state index is 13.0. The van der Waals surface area contributed by atoms with E-state index in [1.54, 1.807) is 0 Å². The summed E-state index contributed by atoms with van der Waals surface area (Å²) < 4.78 is 89.9. The van der Waals surface area contributed by atoms with Crippen LogP contribution in [0.15, 0.2) is 46.2 Å². The van der Waals surface area contributed by atoms with Crippen LogP contribution in [0.4, 0.5) is 18.9 Å². The van der Waals surface area contributed by atoms with Crippen LogP contribution in [0.3, 0.4) is 0 Å². The van der Waals surface area contributed by atoms with Crippen LogP contribution < -0.4 is 4.31 Å². The van der Waals surface area contributed by atoms with Crippen molar-refractivity contribution in [1.82, 2.24) is 0 Å². The summed E-state index contributed by atoms with van der Waals surface area (Å²) in [5, 5.41) is -0.643. The van der Waals surface area contributed by atoms with E-state index in [0.717, 1.165) is 25.4 Å². The Kier molecular flexibility index (Phi) is 6.10. The van der Waals surface area contributed by atoms with Crippen molar-refractivity contribution in [3.05, 3.63) is 50.6 Å². The minimum Gasteiger partial charge on any atom is -0.268 e. The number of benzene rings is 2. The highest BCUT2D eigenvalue weighted by Crippen LogP contribution is 2.37. The van der Waals surface area contributed by atoms with Gasteiger partial charge in [-0.3, -0.25) is 4.31 Å². The first-order valence-electron chi connectivity index (χ1n) is 7.01. The maximum atomic E-state index is 13.0. The first-order valence-corrected chi connectivity index (χ1v) is 11.8. The van der Waals surface area contributed by atoms with Crippen LogP contribution in [-0.2, 0) is 26.0 Å². The van der Waals surface area contributed by atoms with Crippen molar-refractivity contribution < 1.29 is 30.0 Å². The lowest BCUT2D eigenvalue weighted by Gasteiger charge is -2.23. The molecule has 2 aromatic rings. The van der Waals surface area contributed by atoms with Gasteiger partial charge in [-0.15, -0.1) is 0 Å². The third kappa shape index (κ3) is 4.69. The summed E-state index contributed by atoms with van der Waals surface area (Å²) in [5.74, 6) is 0. The lowest BCUT2D eigenvalue weighted by molar-refractivity contribution is -0.137. The highest BCUT2D eigenvalue weighted by Gasteiger charge is 2.35. The maximum Gasteiger partial charge on any atom is 0.417 e. The molecule has 2 aromatic carbocycles. The van der Waals surface area contributed by atoms with Gasteiger partial charge >= 0.3 is 6.18 Å². The molecule has 5 nitrogen and oxygen atoms in total. The molecule has 0 bridgehead atoms. The van der Waals surface area contributed by atoms with E-state index in [9.17, 15) is 30.0 Å². The molecule has 0 aliphatic heterocycles. The molecule has 0 amide bonds. The summed E-state index contributed by atoms with van der Waals surface area (Å²) in [6.45, 7) is 0. The van der Waals surface area contributed by atoms with Crippen LogP contribution in [-0.4, -0.2) is 30.1 Å². The van der Waals surface area contributed by atoms with Crippen LogP contribution >= 0.6 is 34.2 Å². The van der Waals surface area contributed by atoms with Gasteiger partial charge in [0.2, 0.25) is 0 Å². The number of nitrogens with zero attached hydrogens (tertiary/aromatic N) is 1. The van der Waals surface area contributed by atoms with Gasteiger partial charge in [0.15, 0.2) is 9.84 Å². The zero-order valence-corrected chi connectivity index (χ0v) is 18.3. The van der Waals surface area contributed by atoms with Crippen LogP contribution in [0.1, 0.15) is 5.56 Å². The highest BCUT2D eigenvalue weighted by atomic mass is 127. The topological polar surface area (TPSA) is 71.5 Å². The quantitative estimate of drug-likeness (QED) is 0.533. The van der Waals surface area contributed by atoms with Gasteiger partial charge in [0.05, 0.1) is 26.1 Å². The first kappa shape index (κ1) is 22.2. The number of anilines is 1. The monoisotopic (exact) mass is 553 g/mol. The number of hydrogen-bond donors (Lipinski definition) is 0. The molecule has 148 valence electrons. The van der Waals surface area contributed by atoms with Crippen molar-refractivity contribution in [2.24, 2.45) is 0 Å². The largest absolute Gasteiger partial charge is 0.417 e. The molecule has 0 heterocycles. The molecule has 0 spiro atoms. The minimum absolute atomic E-state index is 0.173. The fraction of sp³-hybridized carbons (Fsp3) is 0.200. The molecule has 0 saturated heterocycles. The lowest BCUT2D eigenvalue weighted by Crippen LogP contribution is -2.28. The summed E-state index contributed by atoms with van der Waals surface area (Å²) >= 11 is 7.39. The Morgan fingerprint density at radius 1 is 1.04 bits per heavy atom. The first-order chi connectivity index (χ1) is 12.2. The average Bonchev–Trinajstić information content (AvgIpc) is 2.51. The van der Waals surface area contributed by atoms with Crippen LogP contribution in [0.25, 0.3) is 0 Å². The molecule has 0 saturated carbocycles.